The summed E-state index contributed by atoms with van der Waals surface area (Å²) in [6, 6.07) is 4.49. The minimum absolute atomic E-state index is 0.184. The molecule has 0 radical (unpaired) electrons. The van der Waals surface area contributed by atoms with Crippen molar-refractivity contribution in [3.05, 3.63) is 23.8 Å². The van der Waals surface area contributed by atoms with Crippen molar-refractivity contribution in [2.45, 2.75) is 37.8 Å². The van der Waals surface area contributed by atoms with E-state index in [1.165, 1.54) is 0 Å². The average Bonchev–Trinajstić information content (AvgIpc) is 2.87. The highest BCUT2D eigenvalue weighted by Gasteiger charge is 2.42. The Hall–Kier alpha value is -1.89. The molecule has 1 fully saturated rings. The predicted molar refractivity (Wildman–Crippen MR) is 82.2 cm³/mol. The lowest BCUT2D eigenvalue weighted by Gasteiger charge is -2.18. The minimum atomic E-state index is -2.81. The van der Waals surface area contributed by atoms with Gasteiger partial charge in [0.25, 0.3) is 5.92 Å². The molecule has 2 atom stereocenters. The maximum absolute atomic E-state index is 13.1. The topological polar surface area (TPSA) is 59.6 Å². The first kappa shape index (κ1) is 17.5. The molecule has 7 heteroatoms. The fourth-order valence-electron chi connectivity index (χ4n) is 2.66. The standard InChI is InChI=1S/C16H22F2N2O3/c1-10(20-15(21)12-8-16(17,18)9-19-12)6-11-4-5-13(22-2)14(7-11)23-3/h4-5,7,10,12,19H,6,8-9H2,1-3H3,(H,20,21). The van der Waals surface area contributed by atoms with Gasteiger partial charge in [-0.15, -0.1) is 0 Å². The van der Waals surface area contributed by atoms with Crippen molar-refractivity contribution in [2.24, 2.45) is 0 Å². The van der Waals surface area contributed by atoms with Gasteiger partial charge in [-0.1, -0.05) is 6.07 Å². The number of amides is 1. The number of methoxy groups -OCH3 is 2. The summed E-state index contributed by atoms with van der Waals surface area (Å²) in [5.41, 5.74) is 0.958. The van der Waals surface area contributed by atoms with Gasteiger partial charge >= 0.3 is 0 Å². The molecule has 2 N–H and O–H groups in total. The van der Waals surface area contributed by atoms with Crippen LogP contribution in [0.4, 0.5) is 8.78 Å². The summed E-state index contributed by atoms with van der Waals surface area (Å²) < 4.78 is 36.7. The first-order valence-electron chi connectivity index (χ1n) is 7.47. The molecule has 2 rings (SSSR count). The quantitative estimate of drug-likeness (QED) is 0.835. The zero-order valence-electron chi connectivity index (χ0n) is 13.5. The van der Waals surface area contributed by atoms with E-state index in [0.717, 1.165) is 5.56 Å². The van der Waals surface area contributed by atoms with E-state index in [1.807, 2.05) is 19.1 Å². The molecule has 1 amide bonds. The number of carbonyl (C=O) groups excluding carboxylic acids is 1. The maximum atomic E-state index is 13.1. The van der Waals surface area contributed by atoms with Crippen molar-refractivity contribution in [2.75, 3.05) is 20.8 Å². The van der Waals surface area contributed by atoms with Gasteiger partial charge in [0, 0.05) is 12.5 Å². The fourth-order valence-corrected chi connectivity index (χ4v) is 2.66. The summed E-state index contributed by atoms with van der Waals surface area (Å²) in [5.74, 6) is -1.96. The average molecular weight is 328 g/mol. The molecule has 1 aliphatic rings. The van der Waals surface area contributed by atoms with E-state index in [0.29, 0.717) is 17.9 Å². The summed E-state index contributed by atoms with van der Waals surface area (Å²) in [6.07, 6.45) is 0.108. The Bertz CT molecular complexity index is 566. The smallest absolute Gasteiger partial charge is 0.262 e. The van der Waals surface area contributed by atoms with E-state index in [1.54, 1.807) is 20.3 Å². The van der Waals surface area contributed by atoms with Crippen LogP contribution in [0.2, 0.25) is 0 Å². The van der Waals surface area contributed by atoms with Gasteiger partial charge in [0.15, 0.2) is 11.5 Å². The molecule has 23 heavy (non-hydrogen) atoms. The molecule has 1 aliphatic heterocycles. The molecule has 0 bridgehead atoms. The molecule has 128 valence electrons. The van der Waals surface area contributed by atoms with Crippen LogP contribution in [0, 0.1) is 0 Å². The Morgan fingerprint density at radius 1 is 1.39 bits per heavy atom. The lowest BCUT2D eigenvalue weighted by atomic mass is 10.1. The van der Waals surface area contributed by atoms with Gasteiger partial charge in [-0.25, -0.2) is 8.78 Å². The van der Waals surface area contributed by atoms with E-state index < -0.39 is 30.8 Å². The summed E-state index contributed by atoms with van der Waals surface area (Å²) in [4.78, 5) is 12.0. The lowest BCUT2D eigenvalue weighted by Crippen LogP contribution is -2.44. The molecule has 2 unspecified atom stereocenters. The monoisotopic (exact) mass is 328 g/mol. The first-order chi connectivity index (χ1) is 10.8. The van der Waals surface area contributed by atoms with Gasteiger partial charge in [-0.3, -0.25) is 10.1 Å². The van der Waals surface area contributed by atoms with E-state index in [4.69, 9.17) is 9.47 Å². The molecular formula is C16H22F2N2O3. The van der Waals surface area contributed by atoms with Gasteiger partial charge in [0.1, 0.15) is 0 Å². The Kier molecular flexibility index (Phi) is 5.41. The number of alkyl halides is 2. The van der Waals surface area contributed by atoms with Crippen LogP contribution >= 0.6 is 0 Å². The Morgan fingerprint density at radius 2 is 2.09 bits per heavy atom. The fraction of sp³-hybridized carbons (Fsp3) is 0.562. The van der Waals surface area contributed by atoms with Gasteiger partial charge in [-0.05, 0) is 31.0 Å². The SMILES string of the molecule is COc1ccc(CC(C)NC(=O)C2CC(F)(F)CN2)cc1OC. The number of carbonyl (C=O) groups is 1. The lowest BCUT2D eigenvalue weighted by molar-refractivity contribution is -0.124. The van der Waals surface area contributed by atoms with Gasteiger partial charge in [-0.2, -0.15) is 0 Å². The van der Waals surface area contributed by atoms with Crippen LogP contribution in [0.25, 0.3) is 0 Å². The summed E-state index contributed by atoms with van der Waals surface area (Å²) >= 11 is 0. The van der Waals surface area contributed by atoms with E-state index >= 15 is 0 Å². The summed E-state index contributed by atoms with van der Waals surface area (Å²) in [7, 11) is 3.11. The number of nitrogens with one attached hydrogen (secondary N) is 2. The second-order valence-electron chi connectivity index (χ2n) is 5.80. The molecule has 0 spiro atoms. The van der Waals surface area contributed by atoms with Gasteiger partial charge < -0.3 is 14.8 Å². The molecule has 0 aromatic heterocycles. The summed E-state index contributed by atoms with van der Waals surface area (Å²) in [5, 5.41) is 5.32. The third-order valence-corrected chi connectivity index (χ3v) is 3.80. The van der Waals surface area contributed by atoms with Crippen molar-refractivity contribution in [3.63, 3.8) is 0 Å². The molecule has 0 aliphatic carbocycles. The second kappa shape index (κ2) is 7.12. The zero-order valence-corrected chi connectivity index (χ0v) is 13.5. The first-order valence-corrected chi connectivity index (χ1v) is 7.47. The predicted octanol–water partition coefficient (Wildman–Crippen LogP) is 1.75. The Morgan fingerprint density at radius 3 is 2.65 bits per heavy atom. The molecule has 0 saturated carbocycles. The highest BCUT2D eigenvalue weighted by atomic mass is 19.3. The van der Waals surface area contributed by atoms with E-state index in [-0.39, 0.29) is 6.04 Å². The maximum Gasteiger partial charge on any atom is 0.262 e. The van der Waals surface area contributed by atoms with Crippen LogP contribution in [-0.2, 0) is 11.2 Å². The largest absolute Gasteiger partial charge is 0.493 e. The van der Waals surface area contributed by atoms with Gasteiger partial charge in [0.05, 0.1) is 26.8 Å². The number of hydrogen-bond acceptors (Lipinski definition) is 4. The minimum Gasteiger partial charge on any atom is -0.493 e. The molecule has 1 aromatic carbocycles. The second-order valence-corrected chi connectivity index (χ2v) is 5.80. The molecule has 5 nitrogen and oxygen atoms in total. The van der Waals surface area contributed by atoms with Crippen molar-refractivity contribution < 1.29 is 23.0 Å². The van der Waals surface area contributed by atoms with Crippen LogP contribution in [0.15, 0.2) is 18.2 Å². The molecule has 1 saturated heterocycles. The van der Waals surface area contributed by atoms with Crippen molar-refractivity contribution >= 4 is 5.91 Å². The Balaban J connectivity index is 1.92. The number of hydrogen-bond donors (Lipinski definition) is 2. The third-order valence-electron chi connectivity index (χ3n) is 3.80. The van der Waals surface area contributed by atoms with Crippen molar-refractivity contribution in [1.82, 2.24) is 10.6 Å². The van der Waals surface area contributed by atoms with Crippen LogP contribution in [-0.4, -0.2) is 44.7 Å². The van der Waals surface area contributed by atoms with E-state index in [9.17, 15) is 13.6 Å². The van der Waals surface area contributed by atoms with Crippen LogP contribution < -0.4 is 20.1 Å². The van der Waals surface area contributed by atoms with Crippen molar-refractivity contribution in [3.8, 4) is 11.5 Å². The molecule has 1 aromatic rings. The zero-order chi connectivity index (χ0) is 17.0. The number of halogens is 2. The number of ether oxygens (including phenoxy) is 2. The number of benzene rings is 1. The van der Waals surface area contributed by atoms with Crippen LogP contribution in [0.1, 0.15) is 18.9 Å². The van der Waals surface area contributed by atoms with Crippen LogP contribution in [0.5, 0.6) is 11.5 Å². The molecule has 1 heterocycles. The van der Waals surface area contributed by atoms with Crippen molar-refractivity contribution in [1.29, 1.82) is 0 Å². The third kappa shape index (κ3) is 4.54. The van der Waals surface area contributed by atoms with Crippen LogP contribution in [0.3, 0.4) is 0 Å². The highest BCUT2D eigenvalue weighted by molar-refractivity contribution is 5.82. The van der Waals surface area contributed by atoms with E-state index in [2.05, 4.69) is 10.6 Å². The normalized spacial score (nSPS) is 20.8. The Labute approximate surface area is 134 Å². The highest BCUT2D eigenvalue weighted by Crippen LogP contribution is 2.28. The summed E-state index contributed by atoms with van der Waals surface area (Å²) in [6.45, 7) is 1.39. The molecular weight excluding hydrogens is 306 g/mol. The van der Waals surface area contributed by atoms with Gasteiger partial charge in [0.2, 0.25) is 5.91 Å². The number of rotatable bonds is 6.